The van der Waals surface area contributed by atoms with Crippen molar-refractivity contribution in [1.82, 2.24) is 4.40 Å². The Bertz CT molecular complexity index is 2070. The molecule has 0 saturated heterocycles. The zero-order valence-electron chi connectivity index (χ0n) is 24.8. The molecular weight excluding hydrogens is 560 g/mol. The largest absolute Gasteiger partial charge is 0.365 e. The number of hydrogen-bond acceptors (Lipinski definition) is 6. The van der Waals surface area contributed by atoms with Crippen molar-refractivity contribution in [3.63, 3.8) is 0 Å². The maximum atomic E-state index is 13.3. The van der Waals surface area contributed by atoms with Gasteiger partial charge in [-0.3, -0.25) is 4.79 Å². The number of rotatable bonds is 7. The number of pyridine rings is 1. The molecule has 7 nitrogen and oxygen atoms in total. The first-order chi connectivity index (χ1) is 22.0. The molecule has 6 aromatic rings. The van der Waals surface area contributed by atoms with Crippen molar-refractivity contribution in [3.05, 3.63) is 162 Å². The van der Waals surface area contributed by atoms with Crippen LogP contribution in [0.15, 0.2) is 145 Å². The Balaban J connectivity index is 1.51. The average molecular weight is 591 g/mol. The summed E-state index contributed by atoms with van der Waals surface area (Å²) in [6.45, 7) is 1.59. The number of nitrogens with one attached hydrogen (secondary N) is 1. The molecule has 0 radical (unpaired) electrons. The number of carbonyl (C=O) groups is 2. The number of aromatic nitrogens is 1. The molecule has 0 amide bonds. The fourth-order valence-corrected chi connectivity index (χ4v) is 6.30. The van der Waals surface area contributed by atoms with E-state index in [2.05, 4.69) is 15.4 Å². The Kier molecular flexibility index (Phi) is 6.98. The molecule has 0 fully saturated rings. The van der Waals surface area contributed by atoms with Gasteiger partial charge in [0.05, 0.1) is 22.5 Å². The molecule has 1 atom stereocenters. The second-order valence-corrected chi connectivity index (χ2v) is 10.9. The van der Waals surface area contributed by atoms with Crippen molar-refractivity contribution >= 4 is 34.4 Å². The molecule has 4 aromatic carbocycles. The second kappa shape index (κ2) is 11.3. The van der Waals surface area contributed by atoms with Crippen LogP contribution in [-0.2, 0) is 10.5 Å². The summed E-state index contributed by atoms with van der Waals surface area (Å²) in [4.78, 5) is 34.3. The number of anilines is 2. The molecule has 45 heavy (non-hydrogen) atoms. The number of Topliss-reactive ketones (excluding diaryl/α,β-unsaturated/α-hetero) is 1. The summed E-state index contributed by atoms with van der Waals surface area (Å²) in [5.74, 6) is -0.624. The first kappa shape index (κ1) is 27.9. The summed E-state index contributed by atoms with van der Waals surface area (Å²) in [5.41, 5.74) is 6.15. The number of oxime groups is 1. The Labute approximate surface area is 261 Å². The van der Waals surface area contributed by atoms with Crippen LogP contribution in [0.4, 0.5) is 11.4 Å². The van der Waals surface area contributed by atoms with Crippen molar-refractivity contribution in [2.75, 3.05) is 17.3 Å². The molecule has 220 valence electrons. The summed E-state index contributed by atoms with van der Waals surface area (Å²) in [6.07, 6.45) is 1.91. The van der Waals surface area contributed by atoms with Gasteiger partial charge in [0.1, 0.15) is 5.71 Å². The quantitative estimate of drug-likeness (QED) is 0.117. The SMILES string of the molecule is CC(=O)c1c(-c2ccccc2)c(NC2(c3ccccc3)/C(=N/OC(=O)c3ccccc3)c3ccccc3N2C)c2ccccn12. The number of fused-ring (bicyclic) bond motifs is 2. The number of carbonyl (C=O) groups excluding carboxylic acids is 2. The standard InChI is InChI=1S/C38H30N4O3/c1-26(43)35-33(27-16-6-3-7-17-27)34(32-24-14-15-25-42(32)35)39-38(29-20-10-5-11-21-29)36(30-22-12-13-23-31(30)41(38)2)40-45-37(44)28-18-8-4-9-19-28/h3-25,39H,1-2H3/b40-36+. The van der Waals surface area contributed by atoms with E-state index in [0.717, 1.165) is 39.1 Å². The number of benzene rings is 4. The molecule has 2 aromatic heterocycles. The highest BCUT2D eigenvalue weighted by atomic mass is 16.7. The maximum Gasteiger partial charge on any atom is 0.365 e. The number of ketones is 1. The van der Waals surface area contributed by atoms with Crippen molar-refractivity contribution < 1.29 is 14.4 Å². The van der Waals surface area contributed by atoms with E-state index in [0.29, 0.717) is 17.0 Å². The van der Waals surface area contributed by atoms with Crippen LogP contribution >= 0.6 is 0 Å². The molecular formula is C38H30N4O3. The highest BCUT2D eigenvalue weighted by Gasteiger charge is 2.51. The predicted molar refractivity (Wildman–Crippen MR) is 178 cm³/mol. The molecule has 1 aliphatic heterocycles. The smallest absolute Gasteiger partial charge is 0.351 e. The minimum atomic E-state index is -1.14. The third-order valence-electron chi connectivity index (χ3n) is 8.33. The summed E-state index contributed by atoms with van der Waals surface area (Å²) in [6, 6.07) is 42.4. The highest BCUT2D eigenvalue weighted by molar-refractivity contribution is 6.19. The van der Waals surface area contributed by atoms with E-state index in [1.54, 1.807) is 31.2 Å². The van der Waals surface area contributed by atoms with E-state index < -0.39 is 11.6 Å². The second-order valence-electron chi connectivity index (χ2n) is 10.9. The zero-order chi connectivity index (χ0) is 31.0. The van der Waals surface area contributed by atoms with Gasteiger partial charge >= 0.3 is 5.97 Å². The van der Waals surface area contributed by atoms with Gasteiger partial charge in [-0.1, -0.05) is 108 Å². The number of nitrogens with zero attached hydrogens (tertiary/aromatic N) is 3. The van der Waals surface area contributed by atoms with Crippen molar-refractivity contribution in [2.45, 2.75) is 12.6 Å². The molecule has 7 rings (SSSR count). The summed E-state index contributed by atoms with van der Waals surface area (Å²) < 4.78 is 1.93. The van der Waals surface area contributed by atoms with E-state index in [1.807, 2.05) is 127 Å². The summed E-state index contributed by atoms with van der Waals surface area (Å²) in [7, 11) is 1.99. The van der Waals surface area contributed by atoms with Gasteiger partial charge < -0.3 is 19.5 Å². The van der Waals surface area contributed by atoms with Gasteiger partial charge in [0, 0.05) is 42.5 Å². The van der Waals surface area contributed by atoms with Crippen LogP contribution in [0.5, 0.6) is 0 Å². The van der Waals surface area contributed by atoms with Crippen molar-refractivity contribution in [2.24, 2.45) is 5.16 Å². The lowest BCUT2D eigenvalue weighted by molar-refractivity contribution is 0.0514. The van der Waals surface area contributed by atoms with E-state index in [4.69, 9.17) is 4.84 Å². The topological polar surface area (TPSA) is 75.4 Å². The molecule has 0 bridgehead atoms. The van der Waals surface area contributed by atoms with Gasteiger partial charge in [0.15, 0.2) is 11.4 Å². The molecule has 0 aliphatic carbocycles. The molecule has 0 spiro atoms. The van der Waals surface area contributed by atoms with Crippen LogP contribution in [0, 0.1) is 0 Å². The van der Waals surface area contributed by atoms with E-state index in [1.165, 1.54) is 0 Å². The molecule has 1 N–H and O–H groups in total. The van der Waals surface area contributed by atoms with E-state index in [9.17, 15) is 9.59 Å². The van der Waals surface area contributed by atoms with Gasteiger partial charge in [-0.2, -0.15) is 0 Å². The minimum Gasteiger partial charge on any atom is -0.351 e. The van der Waals surface area contributed by atoms with Crippen molar-refractivity contribution in [1.29, 1.82) is 0 Å². The molecule has 1 aliphatic rings. The average Bonchev–Trinajstić information content (AvgIpc) is 3.54. The fourth-order valence-electron chi connectivity index (χ4n) is 6.30. The zero-order valence-corrected chi connectivity index (χ0v) is 24.8. The van der Waals surface area contributed by atoms with Gasteiger partial charge in [0.25, 0.3) is 0 Å². The Morgan fingerprint density at radius 1 is 0.756 bits per heavy atom. The summed E-state index contributed by atoms with van der Waals surface area (Å²) >= 11 is 0. The van der Waals surface area contributed by atoms with Crippen LogP contribution in [0.1, 0.15) is 38.9 Å². The van der Waals surface area contributed by atoms with Gasteiger partial charge in [-0.15, -0.1) is 0 Å². The molecule has 7 heteroatoms. The van der Waals surface area contributed by atoms with E-state index in [-0.39, 0.29) is 5.78 Å². The van der Waals surface area contributed by atoms with Gasteiger partial charge in [-0.05, 0) is 35.9 Å². The van der Waals surface area contributed by atoms with Gasteiger partial charge in [0.2, 0.25) is 0 Å². The third kappa shape index (κ3) is 4.57. The number of para-hydroxylation sites is 1. The molecule has 3 heterocycles. The van der Waals surface area contributed by atoms with E-state index >= 15 is 0 Å². The Morgan fingerprint density at radius 2 is 1.38 bits per heavy atom. The van der Waals surface area contributed by atoms with Crippen LogP contribution in [-0.4, -0.2) is 28.9 Å². The number of likely N-dealkylation sites (N-methyl/N-ethyl adjacent to an activating group) is 1. The lowest BCUT2D eigenvalue weighted by Crippen LogP contribution is -2.52. The fraction of sp³-hybridized carbons (Fsp3) is 0.0789. The van der Waals surface area contributed by atoms with Crippen LogP contribution in [0.25, 0.3) is 16.6 Å². The summed E-state index contributed by atoms with van der Waals surface area (Å²) in [5, 5.41) is 8.53. The highest BCUT2D eigenvalue weighted by Crippen LogP contribution is 2.48. The first-order valence-corrected chi connectivity index (χ1v) is 14.7. The van der Waals surface area contributed by atoms with Gasteiger partial charge in [-0.25, -0.2) is 4.79 Å². The maximum absolute atomic E-state index is 13.3. The molecule has 1 unspecified atom stereocenters. The third-order valence-corrected chi connectivity index (χ3v) is 8.33. The Hall–Kier alpha value is -5.95. The Morgan fingerprint density at radius 3 is 2.09 bits per heavy atom. The predicted octanol–water partition coefficient (Wildman–Crippen LogP) is 7.78. The number of hydrogen-bond donors (Lipinski definition) is 1. The molecule has 0 saturated carbocycles. The first-order valence-electron chi connectivity index (χ1n) is 14.7. The lowest BCUT2D eigenvalue weighted by atomic mass is 9.91. The monoisotopic (exact) mass is 590 g/mol. The van der Waals surface area contributed by atoms with Crippen LogP contribution in [0.3, 0.4) is 0 Å². The normalized spacial score (nSPS) is 16.5. The van der Waals surface area contributed by atoms with Crippen LogP contribution in [0.2, 0.25) is 0 Å². The van der Waals surface area contributed by atoms with Crippen LogP contribution < -0.4 is 10.2 Å². The minimum absolute atomic E-state index is 0.0643. The van der Waals surface area contributed by atoms with Crippen molar-refractivity contribution in [3.8, 4) is 11.1 Å². The lowest BCUT2D eigenvalue weighted by Gasteiger charge is -2.40.